The van der Waals surface area contributed by atoms with Gasteiger partial charge in [-0.05, 0) is 48.5 Å². The third-order valence-corrected chi connectivity index (χ3v) is 5.05. The lowest BCUT2D eigenvalue weighted by molar-refractivity contribution is -0.137. The summed E-state index contributed by atoms with van der Waals surface area (Å²) in [7, 11) is 0. The molecule has 35 heavy (non-hydrogen) atoms. The van der Waals surface area contributed by atoms with Crippen LogP contribution in [0.5, 0.6) is 11.5 Å². The van der Waals surface area contributed by atoms with E-state index in [4.69, 9.17) is 16.3 Å². The Labute approximate surface area is 201 Å². The van der Waals surface area contributed by atoms with Crippen molar-refractivity contribution >= 4 is 45.8 Å². The number of aromatic nitrogens is 2. The zero-order chi connectivity index (χ0) is 25.2. The fourth-order valence-corrected chi connectivity index (χ4v) is 3.40. The number of carbonyl (C=O) groups excluding carboxylic acids is 2. The van der Waals surface area contributed by atoms with E-state index in [0.29, 0.717) is 28.2 Å². The Morgan fingerprint density at radius 3 is 2.46 bits per heavy atom. The van der Waals surface area contributed by atoms with Gasteiger partial charge in [-0.15, -0.1) is 0 Å². The van der Waals surface area contributed by atoms with E-state index in [1.54, 1.807) is 36.4 Å². The molecule has 2 aromatic carbocycles. The molecule has 0 radical (unpaired) electrons. The van der Waals surface area contributed by atoms with Crippen LogP contribution in [0.15, 0.2) is 67.0 Å². The van der Waals surface area contributed by atoms with Crippen molar-refractivity contribution < 1.29 is 27.5 Å². The van der Waals surface area contributed by atoms with Crippen LogP contribution in [0.3, 0.4) is 0 Å². The highest BCUT2D eigenvalue weighted by Gasteiger charge is 2.33. The highest BCUT2D eigenvalue weighted by atomic mass is 35.5. The molecule has 0 aliphatic rings. The fraction of sp³-hybridized carbons (Fsp3) is 0.0833. The molecule has 0 atom stereocenters. The minimum atomic E-state index is -4.66. The van der Waals surface area contributed by atoms with E-state index >= 15 is 0 Å². The predicted octanol–water partition coefficient (Wildman–Crippen LogP) is 6.31. The minimum Gasteiger partial charge on any atom is -0.457 e. The molecule has 2 heterocycles. The van der Waals surface area contributed by atoms with Crippen molar-refractivity contribution in [1.29, 1.82) is 0 Å². The average Bonchev–Trinajstić information content (AvgIpc) is 2.79. The summed E-state index contributed by atoms with van der Waals surface area (Å²) >= 11 is 5.63. The number of fused-ring (bicyclic) bond motifs is 1. The molecule has 0 aliphatic carbocycles. The first-order valence-electron chi connectivity index (χ1n) is 10.1. The summed E-state index contributed by atoms with van der Waals surface area (Å²) in [6, 6.07) is 12.8. The third kappa shape index (κ3) is 5.85. The second-order valence-corrected chi connectivity index (χ2v) is 7.79. The second-order valence-electron chi connectivity index (χ2n) is 7.39. The zero-order valence-electron chi connectivity index (χ0n) is 18.0. The highest BCUT2D eigenvalue weighted by Crippen LogP contribution is 2.36. The molecular weight excluding hydrogens is 485 g/mol. The van der Waals surface area contributed by atoms with Crippen LogP contribution in [0, 0.1) is 0 Å². The number of carbonyl (C=O) groups is 2. The molecule has 0 spiro atoms. The molecule has 178 valence electrons. The molecule has 0 saturated carbocycles. The number of halogens is 4. The van der Waals surface area contributed by atoms with Crippen molar-refractivity contribution in [3.8, 4) is 11.5 Å². The van der Waals surface area contributed by atoms with Crippen LogP contribution >= 0.6 is 11.6 Å². The lowest BCUT2D eigenvalue weighted by Gasteiger charge is -2.12. The maximum Gasteiger partial charge on any atom is 0.417 e. The number of benzene rings is 2. The van der Waals surface area contributed by atoms with Crippen molar-refractivity contribution in [2.24, 2.45) is 0 Å². The Morgan fingerprint density at radius 1 is 0.943 bits per heavy atom. The minimum absolute atomic E-state index is 0.0587. The Hall–Kier alpha value is -4.18. The Kier molecular flexibility index (Phi) is 6.57. The monoisotopic (exact) mass is 500 g/mol. The highest BCUT2D eigenvalue weighted by molar-refractivity contribution is 6.31. The van der Waals surface area contributed by atoms with E-state index in [1.165, 1.54) is 25.4 Å². The van der Waals surface area contributed by atoms with Gasteiger partial charge in [0.2, 0.25) is 5.91 Å². The predicted molar refractivity (Wildman–Crippen MR) is 125 cm³/mol. The van der Waals surface area contributed by atoms with Gasteiger partial charge in [-0.2, -0.15) is 13.2 Å². The van der Waals surface area contributed by atoms with Gasteiger partial charge in [0.15, 0.2) is 0 Å². The summed E-state index contributed by atoms with van der Waals surface area (Å²) in [6.45, 7) is 1.36. The van der Waals surface area contributed by atoms with E-state index in [2.05, 4.69) is 20.6 Å². The molecule has 0 unspecified atom stereocenters. The number of anilines is 2. The van der Waals surface area contributed by atoms with Crippen LogP contribution in [0.2, 0.25) is 5.02 Å². The summed E-state index contributed by atoms with van der Waals surface area (Å²) < 4.78 is 45.1. The molecule has 2 amide bonds. The van der Waals surface area contributed by atoms with Crippen molar-refractivity contribution in [1.82, 2.24) is 9.97 Å². The lowest BCUT2D eigenvalue weighted by Crippen LogP contribution is -2.13. The molecule has 2 N–H and O–H groups in total. The largest absolute Gasteiger partial charge is 0.457 e. The van der Waals surface area contributed by atoms with E-state index in [1.807, 2.05) is 0 Å². The Morgan fingerprint density at radius 2 is 1.71 bits per heavy atom. The Balaban J connectivity index is 1.55. The molecule has 11 heteroatoms. The standard InChI is InChI=1S/C24H16ClF3N4O3/c1-13(33)31-22-11-18(6-7-29-22)35-17-3-5-21-14(9-17)8-15(12-30-21)23(34)32-16-2-4-20(25)19(10-16)24(26,27)28/h2-12H,1H3,(H,32,34)(H,29,31,33). The van der Waals surface area contributed by atoms with Gasteiger partial charge in [0, 0.05) is 36.5 Å². The smallest absolute Gasteiger partial charge is 0.417 e. The first kappa shape index (κ1) is 24.0. The van der Waals surface area contributed by atoms with Crippen LogP contribution < -0.4 is 15.4 Å². The third-order valence-electron chi connectivity index (χ3n) is 4.72. The summed E-state index contributed by atoms with van der Waals surface area (Å²) in [5.74, 6) is 0.269. The number of amides is 2. The molecule has 4 aromatic rings. The molecule has 0 saturated heterocycles. The van der Waals surface area contributed by atoms with Gasteiger partial charge in [0.25, 0.3) is 5.91 Å². The van der Waals surface area contributed by atoms with E-state index < -0.39 is 22.7 Å². The van der Waals surface area contributed by atoms with E-state index in [-0.39, 0.29) is 17.2 Å². The number of nitrogens with zero attached hydrogens (tertiary/aromatic N) is 2. The van der Waals surface area contributed by atoms with Gasteiger partial charge >= 0.3 is 6.18 Å². The summed E-state index contributed by atoms with van der Waals surface area (Å²) in [4.78, 5) is 32.1. The van der Waals surface area contributed by atoms with Gasteiger partial charge in [-0.1, -0.05) is 11.6 Å². The van der Waals surface area contributed by atoms with E-state index in [0.717, 1.165) is 12.1 Å². The molecule has 0 aliphatic heterocycles. The maximum absolute atomic E-state index is 13.1. The van der Waals surface area contributed by atoms with Crippen LogP contribution in [0.1, 0.15) is 22.8 Å². The molecule has 4 rings (SSSR count). The molecular formula is C24H16ClF3N4O3. The first-order chi connectivity index (χ1) is 16.6. The molecule has 7 nitrogen and oxygen atoms in total. The number of ether oxygens (including phenoxy) is 1. The van der Waals surface area contributed by atoms with Gasteiger partial charge in [-0.25, -0.2) is 4.98 Å². The maximum atomic E-state index is 13.1. The van der Waals surface area contributed by atoms with Crippen molar-refractivity contribution in [2.75, 3.05) is 10.6 Å². The number of pyridine rings is 2. The number of nitrogens with one attached hydrogen (secondary N) is 2. The van der Waals surface area contributed by atoms with Gasteiger partial charge < -0.3 is 15.4 Å². The first-order valence-corrected chi connectivity index (χ1v) is 10.5. The summed E-state index contributed by atoms with van der Waals surface area (Å²) in [5.41, 5.74) is -0.395. The van der Waals surface area contributed by atoms with Crippen LogP contribution in [0.25, 0.3) is 10.9 Å². The average molecular weight is 501 g/mol. The second kappa shape index (κ2) is 9.59. The van der Waals surface area contributed by atoms with Crippen LogP contribution in [-0.4, -0.2) is 21.8 Å². The van der Waals surface area contributed by atoms with Crippen molar-refractivity contribution in [3.63, 3.8) is 0 Å². The van der Waals surface area contributed by atoms with Gasteiger partial charge in [0.1, 0.15) is 17.3 Å². The zero-order valence-corrected chi connectivity index (χ0v) is 18.7. The number of alkyl halides is 3. The number of hydrogen-bond donors (Lipinski definition) is 2. The summed E-state index contributed by atoms with van der Waals surface area (Å²) in [6.07, 6.45) is -1.86. The van der Waals surface area contributed by atoms with Crippen molar-refractivity contribution in [2.45, 2.75) is 13.1 Å². The van der Waals surface area contributed by atoms with Gasteiger partial charge in [-0.3, -0.25) is 14.6 Å². The van der Waals surface area contributed by atoms with Crippen molar-refractivity contribution in [3.05, 3.63) is 83.1 Å². The normalized spacial score (nSPS) is 11.2. The van der Waals surface area contributed by atoms with E-state index in [9.17, 15) is 22.8 Å². The van der Waals surface area contributed by atoms with Gasteiger partial charge in [0.05, 0.1) is 21.7 Å². The lowest BCUT2D eigenvalue weighted by atomic mass is 10.1. The van der Waals surface area contributed by atoms with Crippen LogP contribution in [0.4, 0.5) is 24.7 Å². The SMILES string of the molecule is CC(=O)Nc1cc(Oc2ccc3ncc(C(=O)Nc4ccc(Cl)c(C(F)(F)F)c4)cc3c2)ccn1. The Bertz CT molecular complexity index is 1440. The number of hydrogen-bond acceptors (Lipinski definition) is 5. The topological polar surface area (TPSA) is 93.2 Å². The van der Waals surface area contributed by atoms with Crippen LogP contribution in [-0.2, 0) is 11.0 Å². The molecule has 0 fully saturated rings. The number of rotatable bonds is 5. The molecule has 2 aromatic heterocycles. The molecule has 0 bridgehead atoms. The summed E-state index contributed by atoms with van der Waals surface area (Å²) in [5, 5.41) is 5.09. The fourth-order valence-electron chi connectivity index (χ4n) is 3.18. The quantitative estimate of drug-likeness (QED) is 0.335.